The van der Waals surface area contributed by atoms with Gasteiger partial charge >= 0.3 is 5.97 Å². The quantitative estimate of drug-likeness (QED) is 0.417. The maximum atomic E-state index is 12.7. The van der Waals surface area contributed by atoms with Gasteiger partial charge in [-0.25, -0.2) is 4.98 Å². The number of carbonyl (C=O) groups excluding carboxylic acids is 2. The normalized spacial score (nSPS) is 18.4. The van der Waals surface area contributed by atoms with Crippen LogP contribution >= 0.6 is 11.6 Å². The van der Waals surface area contributed by atoms with E-state index < -0.39 is 0 Å². The van der Waals surface area contributed by atoms with E-state index >= 15 is 0 Å². The second-order valence-electron chi connectivity index (χ2n) is 8.92. The molecule has 8 nitrogen and oxygen atoms in total. The molecule has 1 aliphatic rings. The summed E-state index contributed by atoms with van der Waals surface area (Å²) in [4.78, 5) is 28.7. The van der Waals surface area contributed by atoms with Crippen LogP contribution in [0.25, 0.3) is 0 Å². The van der Waals surface area contributed by atoms with E-state index in [4.69, 9.17) is 21.1 Å². The van der Waals surface area contributed by atoms with Crippen LogP contribution in [0.2, 0.25) is 5.02 Å². The Labute approximate surface area is 211 Å². The van der Waals surface area contributed by atoms with Gasteiger partial charge in [0.25, 0.3) is 5.91 Å². The number of aliphatic hydroxyl groups excluding tert-OH is 1. The van der Waals surface area contributed by atoms with Crippen molar-refractivity contribution in [3.05, 3.63) is 52.2 Å². The number of halogens is 1. The minimum Gasteiger partial charge on any atom is -0.496 e. The third-order valence-corrected chi connectivity index (χ3v) is 6.84. The first-order chi connectivity index (χ1) is 16.9. The van der Waals surface area contributed by atoms with E-state index in [1.165, 1.54) is 13.3 Å². The minimum atomic E-state index is -0.229. The first-order valence-corrected chi connectivity index (χ1v) is 12.3. The van der Waals surface area contributed by atoms with Gasteiger partial charge in [-0.1, -0.05) is 17.7 Å². The van der Waals surface area contributed by atoms with Crippen LogP contribution in [-0.2, 0) is 16.0 Å². The topological polar surface area (TPSA) is 110 Å². The lowest BCUT2D eigenvalue weighted by Gasteiger charge is -2.27. The van der Waals surface area contributed by atoms with E-state index in [0.717, 1.165) is 42.6 Å². The second-order valence-corrected chi connectivity index (χ2v) is 9.33. The number of esters is 1. The largest absolute Gasteiger partial charge is 0.496 e. The fourth-order valence-electron chi connectivity index (χ4n) is 4.47. The van der Waals surface area contributed by atoms with Crippen LogP contribution in [0.15, 0.2) is 30.5 Å². The molecule has 1 saturated carbocycles. The van der Waals surface area contributed by atoms with Crippen molar-refractivity contribution in [2.75, 3.05) is 32.7 Å². The van der Waals surface area contributed by atoms with E-state index in [2.05, 4.69) is 15.6 Å². The maximum Gasteiger partial charge on any atom is 0.308 e. The van der Waals surface area contributed by atoms with Crippen LogP contribution in [-0.4, -0.2) is 49.3 Å². The lowest BCUT2D eigenvalue weighted by molar-refractivity contribution is -0.146. The molecule has 1 aromatic heterocycles. The lowest BCUT2D eigenvalue weighted by atomic mass is 9.82. The van der Waals surface area contributed by atoms with Crippen LogP contribution in [0, 0.1) is 11.8 Å². The number of ether oxygens (including phenoxy) is 2. The van der Waals surface area contributed by atoms with Gasteiger partial charge in [0.15, 0.2) is 0 Å². The molecule has 0 radical (unpaired) electrons. The average molecular weight is 504 g/mol. The van der Waals surface area contributed by atoms with Gasteiger partial charge < -0.3 is 25.2 Å². The SMILES string of the molecule is COC(=O)C1CCC(CNC(=O)c2cnc(NC(C)c3cc(CCO)ccc3OC)c(Cl)c2)CC1. The van der Waals surface area contributed by atoms with E-state index in [0.29, 0.717) is 35.3 Å². The number of carbonyl (C=O) groups is 2. The number of nitrogens with one attached hydrogen (secondary N) is 2. The van der Waals surface area contributed by atoms with Crippen molar-refractivity contribution < 1.29 is 24.2 Å². The zero-order valence-electron chi connectivity index (χ0n) is 20.5. The molecule has 0 bridgehead atoms. The van der Waals surface area contributed by atoms with Gasteiger partial charge in [-0.3, -0.25) is 9.59 Å². The first-order valence-electron chi connectivity index (χ1n) is 11.9. The summed E-state index contributed by atoms with van der Waals surface area (Å²) >= 11 is 6.45. The molecule has 0 saturated heterocycles. The molecule has 0 aliphatic heterocycles. The highest BCUT2D eigenvalue weighted by atomic mass is 35.5. The fraction of sp³-hybridized carbons (Fsp3) is 0.500. The number of hydrogen-bond acceptors (Lipinski definition) is 7. The van der Waals surface area contributed by atoms with Gasteiger partial charge in [-0.15, -0.1) is 0 Å². The Morgan fingerprint density at radius 3 is 2.57 bits per heavy atom. The van der Waals surface area contributed by atoms with Crippen molar-refractivity contribution in [2.24, 2.45) is 11.8 Å². The van der Waals surface area contributed by atoms with Crippen molar-refractivity contribution in [3.8, 4) is 5.75 Å². The standard InChI is InChI=1S/C26H34ClN3O5/c1-16(21-12-17(10-11-31)6-9-23(21)34-2)30-24-22(27)13-20(15-28-24)25(32)29-14-18-4-7-19(8-5-18)26(33)35-3/h6,9,12-13,15-16,18-19,31H,4-5,7-8,10-11,14H2,1-3H3,(H,28,30)(H,29,32). The predicted octanol–water partition coefficient (Wildman–Crippen LogP) is 4.16. The zero-order valence-corrected chi connectivity index (χ0v) is 21.2. The van der Waals surface area contributed by atoms with E-state index in [-0.39, 0.29) is 30.4 Å². The number of nitrogens with zero attached hydrogens (tertiary/aromatic N) is 1. The Kier molecular flexibility index (Phi) is 9.74. The Morgan fingerprint density at radius 2 is 1.94 bits per heavy atom. The average Bonchev–Trinajstić information content (AvgIpc) is 2.88. The van der Waals surface area contributed by atoms with Gasteiger partial charge in [0, 0.05) is 24.9 Å². The Bertz CT molecular complexity index is 1020. The number of rotatable bonds is 10. The molecule has 1 aliphatic carbocycles. The minimum absolute atomic E-state index is 0.0329. The number of hydrogen-bond donors (Lipinski definition) is 3. The van der Waals surface area contributed by atoms with Crippen LogP contribution in [0.3, 0.4) is 0 Å². The Balaban J connectivity index is 1.58. The molecule has 190 valence electrons. The highest BCUT2D eigenvalue weighted by Crippen LogP contribution is 2.31. The highest BCUT2D eigenvalue weighted by Gasteiger charge is 2.27. The van der Waals surface area contributed by atoms with E-state index in [1.54, 1.807) is 13.2 Å². The molecular weight excluding hydrogens is 470 g/mol. The summed E-state index contributed by atoms with van der Waals surface area (Å²) in [6.45, 7) is 2.58. The smallest absolute Gasteiger partial charge is 0.308 e. The fourth-order valence-corrected chi connectivity index (χ4v) is 4.69. The lowest BCUT2D eigenvalue weighted by Crippen LogP contribution is -2.32. The summed E-state index contributed by atoms with van der Waals surface area (Å²) in [5.74, 6) is 1.11. The van der Waals surface area contributed by atoms with E-state index in [1.807, 2.05) is 25.1 Å². The molecule has 35 heavy (non-hydrogen) atoms. The van der Waals surface area contributed by atoms with Crippen molar-refractivity contribution in [3.63, 3.8) is 0 Å². The van der Waals surface area contributed by atoms with Crippen LogP contribution < -0.4 is 15.4 Å². The molecule has 0 spiro atoms. The molecule has 3 N–H and O–H groups in total. The second kappa shape index (κ2) is 12.7. The molecule has 3 rings (SSSR count). The highest BCUT2D eigenvalue weighted by molar-refractivity contribution is 6.33. The van der Waals surface area contributed by atoms with Gasteiger partial charge in [0.1, 0.15) is 11.6 Å². The number of methoxy groups -OCH3 is 2. The number of aromatic nitrogens is 1. The van der Waals surface area contributed by atoms with Gasteiger partial charge in [-0.2, -0.15) is 0 Å². The summed E-state index contributed by atoms with van der Waals surface area (Å²) < 4.78 is 10.3. The monoisotopic (exact) mass is 503 g/mol. The van der Waals surface area contributed by atoms with Crippen molar-refractivity contribution in [1.82, 2.24) is 10.3 Å². The maximum absolute atomic E-state index is 12.7. The summed E-state index contributed by atoms with van der Waals surface area (Å²) in [6.07, 6.45) is 5.38. The number of amides is 1. The third kappa shape index (κ3) is 7.08. The molecule has 1 aromatic carbocycles. The molecular formula is C26H34ClN3O5. The molecule has 2 aromatic rings. The number of aliphatic hydroxyl groups is 1. The predicted molar refractivity (Wildman–Crippen MR) is 135 cm³/mol. The zero-order chi connectivity index (χ0) is 25.4. The van der Waals surface area contributed by atoms with Crippen molar-refractivity contribution in [2.45, 2.75) is 45.1 Å². The van der Waals surface area contributed by atoms with Gasteiger partial charge in [0.2, 0.25) is 0 Å². The summed E-state index contributed by atoms with van der Waals surface area (Å²) in [5.41, 5.74) is 2.31. The summed E-state index contributed by atoms with van der Waals surface area (Å²) in [7, 11) is 3.03. The van der Waals surface area contributed by atoms with E-state index in [9.17, 15) is 14.7 Å². The van der Waals surface area contributed by atoms with Gasteiger partial charge in [0.05, 0.1) is 36.8 Å². The molecule has 9 heteroatoms. The summed E-state index contributed by atoms with van der Waals surface area (Å²) in [6, 6.07) is 7.22. The van der Waals surface area contributed by atoms with Crippen LogP contribution in [0.4, 0.5) is 5.82 Å². The van der Waals surface area contributed by atoms with Crippen LogP contribution in [0.1, 0.15) is 60.1 Å². The first kappa shape index (κ1) is 26.8. The van der Waals surface area contributed by atoms with Crippen LogP contribution in [0.5, 0.6) is 5.75 Å². The number of anilines is 1. The van der Waals surface area contributed by atoms with Crippen molar-refractivity contribution in [1.29, 1.82) is 0 Å². The Morgan fingerprint density at radius 1 is 1.20 bits per heavy atom. The number of benzene rings is 1. The number of pyridine rings is 1. The summed E-state index contributed by atoms with van der Waals surface area (Å²) in [5, 5.41) is 15.8. The van der Waals surface area contributed by atoms with Crippen molar-refractivity contribution >= 4 is 29.3 Å². The molecule has 1 atom stereocenters. The Hall–Kier alpha value is -2.84. The van der Waals surface area contributed by atoms with Gasteiger partial charge in [-0.05, 0) is 68.7 Å². The molecule has 1 heterocycles. The third-order valence-electron chi connectivity index (χ3n) is 6.55. The molecule has 1 unspecified atom stereocenters. The molecule has 1 fully saturated rings. The molecule has 1 amide bonds.